The van der Waals surface area contributed by atoms with Crippen LogP contribution in [-0.2, 0) is 0 Å². The molecule has 1 saturated carbocycles. The first kappa shape index (κ1) is 30.0. The topological polar surface area (TPSA) is 0 Å². The summed E-state index contributed by atoms with van der Waals surface area (Å²) in [7, 11) is 0. The van der Waals surface area contributed by atoms with Crippen molar-refractivity contribution < 1.29 is 0 Å². The molecule has 1 aliphatic rings. The number of hydrogen-bond acceptors (Lipinski definition) is 0. The van der Waals surface area contributed by atoms with Crippen molar-refractivity contribution in [3.8, 4) is 0 Å². The van der Waals surface area contributed by atoms with Crippen LogP contribution in [0, 0.1) is 5.92 Å². The molecule has 0 bridgehead atoms. The standard InChI is InChI=1S/C32H64/c1-2-3-4-5-6-7-8-9-10-11-12-14-17-20-23-26-29-32-30-27-24-21-18-15-13-16-19-22-25-28-31-32/h32H,2-31H2,1H3. The van der Waals surface area contributed by atoms with Crippen LogP contribution in [0.4, 0.5) is 0 Å². The molecule has 0 amide bonds. The second-order valence-electron chi connectivity index (χ2n) is 11.4. The van der Waals surface area contributed by atoms with E-state index in [2.05, 4.69) is 6.92 Å². The van der Waals surface area contributed by atoms with Crippen molar-refractivity contribution in [2.24, 2.45) is 5.92 Å². The molecule has 0 atom stereocenters. The van der Waals surface area contributed by atoms with E-state index in [1.165, 1.54) is 173 Å². The average molecular weight is 449 g/mol. The Hall–Kier alpha value is 0. The van der Waals surface area contributed by atoms with Gasteiger partial charge in [0.1, 0.15) is 0 Å². The lowest BCUT2D eigenvalue weighted by Crippen LogP contribution is -2.02. The molecule has 1 aliphatic carbocycles. The first-order valence-electron chi connectivity index (χ1n) is 15.9. The van der Waals surface area contributed by atoms with Gasteiger partial charge in [0.2, 0.25) is 0 Å². The molecule has 0 radical (unpaired) electrons. The predicted molar refractivity (Wildman–Crippen MR) is 148 cm³/mol. The highest BCUT2D eigenvalue weighted by atomic mass is 14.1. The van der Waals surface area contributed by atoms with E-state index in [1.807, 2.05) is 0 Å². The van der Waals surface area contributed by atoms with Gasteiger partial charge in [-0.25, -0.2) is 0 Å². The van der Waals surface area contributed by atoms with Crippen LogP contribution in [0.15, 0.2) is 0 Å². The summed E-state index contributed by atoms with van der Waals surface area (Å²) < 4.78 is 0. The summed E-state index contributed by atoms with van der Waals surface area (Å²) in [6.07, 6.45) is 45.0. The Labute approximate surface area is 205 Å². The molecule has 32 heavy (non-hydrogen) atoms. The summed E-state index contributed by atoms with van der Waals surface area (Å²) in [6, 6.07) is 0. The van der Waals surface area contributed by atoms with Crippen molar-refractivity contribution in [3.05, 3.63) is 0 Å². The Morgan fingerprint density at radius 3 is 0.969 bits per heavy atom. The highest BCUT2D eigenvalue weighted by molar-refractivity contribution is 4.63. The smallest absolute Gasteiger partial charge is 0.0414 e. The number of unbranched alkanes of at least 4 members (excludes halogenated alkanes) is 15. The molecule has 0 heterocycles. The van der Waals surface area contributed by atoms with Gasteiger partial charge in [0.15, 0.2) is 0 Å². The first-order valence-corrected chi connectivity index (χ1v) is 15.9. The highest BCUT2D eigenvalue weighted by Crippen LogP contribution is 2.25. The Kier molecular flexibility index (Phi) is 24.0. The van der Waals surface area contributed by atoms with Gasteiger partial charge in [-0.05, 0) is 5.92 Å². The van der Waals surface area contributed by atoms with Crippen LogP contribution < -0.4 is 0 Å². The van der Waals surface area contributed by atoms with E-state index in [0.29, 0.717) is 0 Å². The Bertz CT molecular complexity index is 319. The van der Waals surface area contributed by atoms with Crippen molar-refractivity contribution >= 4 is 0 Å². The lowest BCUT2D eigenvalue weighted by atomic mass is 9.89. The molecule has 0 unspecified atom stereocenters. The van der Waals surface area contributed by atoms with E-state index in [4.69, 9.17) is 0 Å². The summed E-state index contributed by atoms with van der Waals surface area (Å²) >= 11 is 0. The quantitative estimate of drug-likeness (QED) is 0.194. The maximum absolute atomic E-state index is 2.31. The zero-order valence-electron chi connectivity index (χ0n) is 22.8. The van der Waals surface area contributed by atoms with E-state index in [0.717, 1.165) is 5.92 Å². The van der Waals surface area contributed by atoms with Crippen LogP contribution in [0.5, 0.6) is 0 Å². The summed E-state index contributed by atoms with van der Waals surface area (Å²) in [5.41, 5.74) is 0. The van der Waals surface area contributed by atoms with Crippen LogP contribution in [0.1, 0.15) is 200 Å². The van der Waals surface area contributed by atoms with Gasteiger partial charge in [-0.15, -0.1) is 0 Å². The fourth-order valence-corrected chi connectivity index (χ4v) is 5.87. The summed E-state index contributed by atoms with van der Waals surface area (Å²) in [5, 5.41) is 0. The normalized spacial score (nSPS) is 17.9. The molecule has 0 aromatic carbocycles. The maximum atomic E-state index is 2.31. The minimum absolute atomic E-state index is 1.06. The third-order valence-corrected chi connectivity index (χ3v) is 8.19. The van der Waals surface area contributed by atoms with Gasteiger partial charge in [0, 0.05) is 0 Å². The molecule has 1 rings (SSSR count). The minimum Gasteiger partial charge on any atom is -0.0654 e. The van der Waals surface area contributed by atoms with E-state index in [9.17, 15) is 0 Å². The van der Waals surface area contributed by atoms with Gasteiger partial charge in [-0.3, -0.25) is 0 Å². The van der Waals surface area contributed by atoms with Gasteiger partial charge < -0.3 is 0 Å². The molecular weight excluding hydrogens is 384 g/mol. The zero-order chi connectivity index (χ0) is 22.8. The van der Waals surface area contributed by atoms with E-state index in [1.54, 1.807) is 19.3 Å². The van der Waals surface area contributed by atoms with Crippen LogP contribution in [0.2, 0.25) is 0 Å². The van der Waals surface area contributed by atoms with Crippen molar-refractivity contribution in [3.63, 3.8) is 0 Å². The second-order valence-corrected chi connectivity index (χ2v) is 11.4. The maximum Gasteiger partial charge on any atom is -0.0414 e. The Morgan fingerprint density at radius 2 is 0.625 bits per heavy atom. The fourth-order valence-electron chi connectivity index (χ4n) is 5.87. The van der Waals surface area contributed by atoms with Crippen molar-refractivity contribution in [1.29, 1.82) is 0 Å². The van der Waals surface area contributed by atoms with Gasteiger partial charge in [-0.1, -0.05) is 200 Å². The molecule has 0 aliphatic heterocycles. The molecule has 0 N–H and O–H groups in total. The lowest BCUT2D eigenvalue weighted by molar-refractivity contribution is 0.362. The number of hydrogen-bond donors (Lipinski definition) is 0. The van der Waals surface area contributed by atoms with Gasteiger partial charge >= 0.3 is 0 Å². The molecular formula is C32H64. The molecule has 1 fully saturated rings. The van der Waals surface area contributed by atoms with Gasteiger partial charge in [-0.2, -0.15) is 0 Å². The van der Waals surface area contributed by atoms with Crippen LogP contribution in [0.3, 0.4) is 0 Å². The third-order valence-electron chi connectivity index (χ3n) is 8.19. The Morgan fingerprint density at radius 1 is 0.344 bits per heavy atom. The van der Waals surface area contributed by atoms with E-state index >= 15 is 0 Å². The zero-order valence-corrected chi connectivity index (χ0v) is 22.8. The summed E-state index contributed by atoms with van der Waals surface area (Å²) in [6.45, 7) is 2.31. The lowest BCUT2D eigenvalue weighted by Gasteiger charge is -2.17. The van der Waals surface area contributed by atoms with Crippen molar-refractivity contribution in [2.45, 2.75) is 200 Å². The van der Waals surface area contributed by atoms with Crippen LogP contribution >= 0.6 is 0 Å². The predicted octanol–water partition coefficient (Wildman–Crippen LogP) is 12.3. The monoisotopic (exact) mass is 449 g/mol. The summed E-state index contributed by atoms with van der Waals surface area (Å²) in [4.78, 5) is 0. The highest BCUT2D eigenvalue weighted by Gasteiger charge is 2.09. The first-order chi connectivity index (χ1) is 15.9. The largest absolute Gasteiger partial charge is 0.0654 e. The molecule has 0 heteroatoms. The van der Waals surface area contributed by atoms with E-state index in [-0.39, 0.29) is 0 Å². The average Bonchev–Trinajstić information content (AvgIpc) is 2.81. The molecule has 0 aromatic rings. The second kappa shape index (κ2) is 25.6. The Balaban J connectivity index is 1.88. The van der Waals surface area contributed by atoms with Crippen LogP contribution in [-0.4, -0.2) is 0 Å². The molecule has 192 valence electrons. The molecule has 0 spiro atoms. The fraction of sp³-hybridized carbons (Fsp3) is 1.00. The summed E-state index contributed by atoms with van der Waals surface area (Å²) in [5.74, 6) is 1.06. The minimum atomic E-state index is 1.06. The SMILES string of the molecule is CCCCCCCCCCCCCCCCCCC1CCCCCCCCCCCCC1. The number of rotatable bonds is 17. The third kappa shape index (κ3) is 21.8. The van der Waals surface area contributed by atoms with Gasteiger partial charge in [0.25, 0.3) is 0 Å². The van der Waals surface area contributed by atoms with E-state index < -0.39 is 0 Å². The van der Waals surface area contributed by atoms with Crippen molar-refractivity contribution in [2.75, 3.05) is 0 Å². The van der Waals surface area contributed by atoms with Crippen molar-refractivity contribution in [1.82, 2.24) is 0 Å². The van der Waals surface area contributed by atoms with Gasteiger partial charge in [0.05, 0.1) is 0 Å². The molecule has 0 saturated heterocycles. The molecule has 0 nitrogen and oxygen atoms in total. The molecule has 0 aromatic heterocycles. The van der Waals surface area contributed by atoms with Crippen LogP contribution in [0.25, 0.3) is 0 Å².